The molecule has 0 aliphatic carbocycles. The van der Waals surface area contributed by atoms with Crippen molar-refractivity contribution in [2.75, 3.05) is 18.0 Å². The Labute approximate surface area is 132 Å². The number of rotatable bonds is 5. The van der Waals surface area contributed by atoms with Crippen LogP contribution in [0.5, 0.6) is 0 Å². The molecule has 1 saturated heterocycles. The highest BCUT2D eigenvalue weighted by Crippen LogP contribution is 2.24. The number of hydrogen-bond donors (Lipinski definition) is 1. The molecule has 1 aliphatic rings. The smallest absolute Gasteiger partial charge is 0.222 e. The van der Waals surface area contributed by atoms with Crippen molar-refractivity contribution in [1.82, 2.24) is 20.1 Å². The van der Waals surface area contributed by atoms with Gasteiger partial charge in [0.05, 0.1) is 12.2 Å². The molecule has 1 unspecified atom stereocenters. The molecule has 1 amide bonds. The molecule has 1 atom stereocenters. The number of aryl methyl sites for hydroxylation is 1. The molecular weight excluding hydrogens is 304 g/mol. The maximum absolute atomic E-state index is 13.8. The van der Waals surface area contributed by atoms with Gasteiger partial charge in [0, 0.05) is 31.6 Å². The molecule has 2 aromatic rings. The molecule has 1 aromatic carbocycles. The van der Waals surface area contributed by atoms with Crippen LogP contribution in [-0.2, 0) is 11.3 Å². The van der Waals surface area contributed by atoms with Gasteiger partial charge in [-0.15, -0.1) is 0 Å². The number of benzene rings is 1. The molecule has 3 rings (SSSR count). The van der Waals surface area contributed by atoms with Gasteiger partial charge < -0.3 is 10.2 Å². The van der Waals surface area contributed by atoms with Crippen LogP contribution < -0.4 is 10.2 Å². The van der Waals surface area contributed by atoms with Gasteiger partial charge in [0.2, 0.25) is 5.91 Å². The monoisotopic (exact) mass is 321 g/mol. The van der Waals surface area contributed by atoms with E-state index < -0.39 is 11.6 Å². The maximum atomic E-state index is 13.8. The zero-order valence-corrected chi connectivity index (χ0v) is 12.5. The van der Waals surface area contributed by atoms with E-state index in [9.17, 15) is 13.6 Å². The second-order valence-corrected chi connectivity index (χ2v) is 5.50. The summed E-state index contributed by atoms with van der Waals surface area (Å²) in [6, 6.07) is 3.50. The normalized spacial score (nSPS) is 17.5. The quantitative estimate of drug-likeness (QED) is 0.903. The lowest BCUT2D eigenvalue weighted by Gasteiger charge is -2.19. The molecule has 6 nitrogen and oxygen atoms in total. The number of nitrogens with zero attached hydrogens (tertiary/aromatic N) is 4. The van der Waals surface area contributed by atoms with E-state index in [4.69, 9.17) is 0 Å². The molecular formula is C15H17F2N5O. The van der Waals surface area contributed by atoms with Gasteiger partial charge in [-0.3, -0.25) is 9.48 Å². The van der Waals surface area contributed by atoms with Crippen LogP contribution in [0.4, 0.5) is 14.5 Å². The van der Waals surface area contributed by atoms with Gasteiger partial charge in [0.25, 0.3) is 0 Å². The van der Waals surface area contributed by atoms with Crippen LogP contribution in [0.25, 0.3) is 0 Å². The molecule has 0 saturated carbocycles. The van der Waals surface area contributed by atoms with Gasteiger partial charge in [-0.05, 0) is 18.6 Å². The average Bonchev–Trinajstić information content (AvgIpc) is 3.17. The number of halogens is 2. The number of carbonyl (C=O) groups excluding carboxylic acids is 1. The largest absolute Gasteiger partial charge is 0.367 e. The fourth-order valence-corrected chi connectivity index (χ4v) is 2.70. The Balaban J connectivity index is 1.50. The van der Waals surface area contributed by atoms with E-state index in [-0.39, 0.29) is 11.9 Å². The predicted molar refractivity (Wildman–Crippen MR) is 79.8 cm³/mol. The first-order valence-corrected chi connectivity index (χ1v) is 7.43. The summed E-state index contributed by atoms with van der Waals surface area (Å²) < 4.78 is 28.3. The summed E-state index contributed by atoms with van der Waals surface area (Å²) in [7, 11) is 0. The molecule has 1 fully saturated rings. The standard InChI is InChI=1S/C15H17F2N5O/c16-11-1-2-14(13(17)7-11)21-5-3-12(8-21)20-15(23)4-6-22-10-18-9-19-22/h1-2,7,9-10,12H,3-6,8H2,(H,20,23). The number of carbonyl (C=O) groups is 1. The van der Waals surface area contributed by atoms with Gasteiger partial charge in [-0.25, -0.2) is 13.8 Å². The second-order valence-electron chi connectivity index (χ2n) is 5.50. The van der Waals surface area contributed by atoms with Crippen LogP contribution in [0.1, 0.15) is 12.8 Å². The molecule has 1 aromatic heterocycles. The minimum absolute atomic E-state index is 0.0392. The van der Waals surface area contributed by atoms with Gasteiger partial charge in [0.1, 0.15) is 24.3 Å². The zero-order valence-electron chi connectivity index (χ0n) is 12.5. The van der Waals surface area contributed by atoms with E-state index in [0.717, 1.165) is 12.5 Å². The highest BCUT2D eigenvalue weighted by atomic mass is 19.1. The van der Waals surface area contributed by atoms with E-state index in [0.29, 0.717) is 31.7 Å². The Morgan fingerprint density at radius 3 is 3.00 bits per heavy atom. The van der Waals surface area contributed by atoms with Crippen molar-refractivity contribution in [2.24, 2.45) is 0 Å². The average molecular weight is 321 g/mol. The number of amides is 1. The molecule has 0 spiro atoms. The fraction of sp³-hybridized carbons (Fsp3) is 0.400. The first-order chi connectivity index (χ1) is 11.1. The first kappa shape index (κ1) is 15.4. The Morgan fingerprint density at radius 1 is 1.39 bits per heavy atom. The van der Waals surface area contributed by atoms with E-state index in [1.54, 1.807) is 11.0 Å². The lowest BCUT2D eigenvalue weighted by molar-refractivity contribution is -0.121. The lowest BCUT2D eigenvalue weighted by Crippen LogP contribution is -2.37. The lowest BCUT2D eigenvalue weighted by atomic mass is 10.2. The number of anilines is 1. The highest BCUT2D eigenvalue weighted by Gasteiger charge is 2.25. The van der Waals surface area contributed by atoms with Crippen LogP contribution in [0.15, 0.2) is 30.9 Å². The molecule has 0 bridgehead atoms. The SMILES string of the molecule is O=C(CCn1cncn1)NC1CCN(c2ccc(F)cc2F)C1. The predicted octanol–water partition coefficient (Wildman–Crippen LogP) is 1.34. The summed E-state index contributed by atoms with van der Waals surface area (Å²) in [6.07, 6.45) is 4.02. The van der Waals surface area contributed by atoms with E-state index in [2.05, 4.69) is 15.4 Å². The van der Waals surface area contributed by atoms with Crippen LogP contribution >= 0.6 is 0 Å². The number of nitrogens with one attached hydrogen (secondary N) is 1. The Bertz CT molecular complexity index is 677. The van der Waals surface area contributed by atoms with Crippen LogP contribution in [0.2, 0.25) is 0 Å². The molecule has 23 heavy (non-hydrogen) atoms. The van der Waals surface area contributed by atoms with Crippen molar-refractivity contribution < 1.29 is 13.6 Å². The van der Waals surface area contributed by atoms with Crippen molar-refractivity contribution >= 4 is 11.6 Å². The molecule has 1 N–H and O–H groups in total. The van der Waals surface area contributed by atoms with E-state index in [1.165, 1.54) is 18.5 Å². The fourth-order valence-electron chi connectivity index (χ4n) is 2.70. The second kappa shape index (κ2) is 6.72. The van der Waals surface area contributed by atoms with Gasteiger partial charge in [0.15, 0.2) is 0 Å². The Hall–Kier alpha value is -2.51. The summed E-state index contributed by atoms with van der Waals surface area (Å²) in [5, 5.41) is 6.87. The van der Waals surface area contributed by atoms with Crippen molar-refractivity contribution in [3.63, 3.8) is 0 Å². The number of aromatic nitrogens is 3. The third-order valence-corrected chi connectivity index (χ3v) is 3.84. The van der Waals surface area contributed by atoms with Crippen LogP contribution in [0, 0.1) is 11.6 Å². The zero-order chi connectivity index (χ0) is 16.2. The van der Waals surface area contributed by atoms with Crippen LogP contribution in [-0.4, -0.2) is 39.8 Å². The summed E-state index contributed by atoms with van der Waals surface area (Å²) in [5.41, 5.74) is 0.366. The van der Waals surface area contributed by atoms with Crippen molar-refractivity contribution in [1.29, 1.82) is 0 Å². The van der Waals surface area contributed by atoms with Crippen LogP contribution in [0.3, 0.4) is 0 Å². The summed E-state index contributed by atoms with van der Waals surface area (Å²) >= 11 is 0. The first-order valence-electron chi connectivity index (χ1n) is 7.43. The molecule has 122 valence electrons. The Kier molecular flexibility index (Phi) is 4.50. The third kappa shape index (κ3) is 3.82. The summed E-state index contributed by atoms with van der Waals surface area (Å²) in [5.74, 6) is -1.25. The number of hydrogen-bond acceptors (Lipinski definition) is 4. The van der Waals surface area contributed by atoms with Gasteiger partial charge in [-0.2, -0.15) is 5.10 Å². The van der Waals surface area contributed by atoms with Crippen molar-refractivity contribution in [3.8, 4) is 0 Å². The highest BCUT2D eigenvalue weighted by molar-refractivity contribution is 5.76. The molecule has 8 heteroatoms. The van der Waals surface area contributed by atoms with E-state index in [1.807, 2.05) is 4.90 Å². The topological polar surface area (TPSA) is 63.1 Å². The van der Waals surface area contributed by atoms with Crippen molar-refractivity contribution in [3.05, 3.63) is 42.5 Å². The molecule has 2 heterocycles. The Morgan fingerprint density at radius 2 is 2.26 bits per heavy atom. The maximum Gasteiger partial charge on any atom is 0.222 e. The minimum Gasteiger partial charge on any atom is -0.367 e. The molecule has 0 radical (unpaired) electrons. The van der Waals surface area contributed by atoms with Gasteiger partial charge >= 0.3 is 0 Å². The minimum atomic E-state index is -0.594. The third-order valence-electron chi connectivity index (χ3n) is 3.84. The summed E-state index contributed by atoms with van der Waals surface area (Å²) in [4.78, 5) is 17.6. The summed E-state index contributed by atoms with van der Waals surface area (Å²) in [6.45, 7) is 1.60. The molecule has 1 aliphatic heterocycles. The van der Waals surface area contributed by atoms with Crippen molar-refractivity contribution in [2.45, 2.75) is 25.4 Å². The van der Waals surface area contributed by atoms with E-state index >= 15 is 0 Å². The van der Waals surface area contributed by atoms with Gasteiger partial charge in [-0.1, -0.05) is 0 Å².